The second kappa shape index (κ2) is 5.20. The summed E-state index contributed by atoms with van der Waals surface area (Å²) in [7, 11) is 1.54. The largest absolute Gasteiger partial charge is 0.493 e. The van der Waals surface area contributed by atoms with Crippen LogP contribution >= 0.6 is 0 Å². The smallest absolute Gasteiger partial charge is 0.168 e. The Morgan fingerprint density at radius 3 is 2.60 bits per heavy atom. The molecular weight excluding hydrogens is 192 g/mol. The van der Waals surface area contributed by atoms with Crippen molar-refractivity contribution in [3.63, 3.8) is 0 Å². The first-order valence-electron chi connectivity index (χ1n) is 4.65. The predicted octanol–water partition coefficient (Wildman–Crippen LogP) is 2.81. The van der Waals surface area contributed by atoms with E-state index in [1.54, 1.807) is 25.3 Å². The quantitative estimate of drug-likeness (QED) is 0.561. The van der Waals surface area contributed by atoms with E-state index < -0.39 is 0 Å². The molecule has 3 nitrogen and oxygen atoms in total. The fourth-order valence-electron chi connectivity index (χ4n) is 1.07. The molecule has 0 spiro atoms. The van der Waals surface area contributed by atoms with E-state index in [9.17, 15) is 4.79 Å². The number of benzene rings is 1. The SMILES string of the molecule is CC=C(C)Oc1ccc(C=O)cc1OC. The lowest BCUT2D eigenvalue weighted by molar-refractivity contribution is 0.112. The molecule has 0 fully saturated rings. The average molecular weight is 206 g/mol. The first-order chi connectivity index (χ1) is 7.21. The number of aldehydes is 1. The first kappa shape index (κ1) is 11.3. The number of methoxy groups -OCH3 is 1. The minimum atomic E-state index is 0.556. The number of hydrogen-bond donors (Lipinski definition) is 0. The minimum absolute atomic E-state index is 0.556. The van der Waals surface area contributed by atoms with E-state index in [1.165, 1.54) is 0 Å². The Hall–Kier alpha value is -1.77. The van der Waals surface area contributed by atoms with Crippen LogP contribution in [0.4, 0.5) is 0 Å². The van der Waals surface area contributed by atoms with E-state index in [0.29, 0.717) is 17.1 Å². The van der Waals surface area contributed by atoms with Crippen molar-refractivity contribution in [2.75, 3.05) is 7.11 Å². The molecular formula is C12H14O3. The number of allylic oxidation sites excluding steroid dienone is 2. The van der Waals surface area contributed by atoms with Gasteiger partial charge in [0, 0.05) is 5.56 Å². The molecule has 0 saturated heterocycles. The maximum atomic E-state index is 10.6. The normalized spacial score (nSPS) is 11.0. The lowest BCUT2D eigenvalue weighted by atomic mass is 10.2. The predicted molar refractivity (Wildman–Crippen MR) is 58.4 cm³/mol. The van der Waals surface area contributed by atoms with E-state index in [0.717, 1.165) is 12.0 Å². The van der Waals surface area contributed by atoms with Gasteiger partial charge in [-0.25, -0.2) is 0 Å². The minimum Gasteiger partial charge on any atom is -0.493 e. The Morgan fingerprint density at radius 1 is 1.33 bits per heavy atom. The summed E-state index contributed by atoms with van der Waals surface area (Å²) in [6.45, 7) is 3.74. The molecule has 0 saturated carbocycles. The van der Waals surface area contributed by atoms with Crippen LogP contribution < -0.4 is 9.47 Å². The maximum Gasteiger partial charge on any atom is 0.168 e. The number of carbonyl (C=O) groups excluding carboxylic acids is 1. The van der Waals surface area contributed by atoms with Gasteiger partial charge in [-0.1, -0.05) is 0 Å². The van der Waals surface area contributed by atoms with Gasteiger partial charge in [0.2, 0.25) is 0 Å². The van der Waals surface area contributed by atoms with Crippen molar-refractivity contribution in [3.8, 4) is 11.5 Å². The first-order valence-corrected chi connectivity index (χ1v) is 4.65. The van der Waals surface area contributed by atoms with Gasteiger partial charge in [0.15, 0.2) is 11.5 Å². The molecule has 80 valence electrons. The summed E-state index contributed by atoms with van der Waals surface area (Å²) in [5.74, 6) is 1.95. The van der Waals surface area contributed by atoms with Crippen LogP contribution in [0.5, 0.6) is 11.5 Å². The molecule has 3 heteroatoms. The average Bonchev–Trinajstić information content (AvgIpc) is 2.29. The summed E-state index contributed by atoms with van der Waals surface area (Å²) in [6, 6.07) is 5.05. The van der Waals surface area contributed by atoms with Gasteiger partial charge in [-0.2, -0.15) is 0 Å². The Balaban J connectivity index is 3.02. The highest BCUT2D eigenvalue weighted by Crippen LogP contribution is 2.28. The summed E-state index contributed by atoms with van der Waals surface area (Å²) in [4.78, 5) is 10.6. The van der Waals surface area contributed by atoms with Gasteiger partial charge in [-0.05, 0) is 38.1 Å². The molecule has 0 aliphatic carbocycles. The highest BCUT2D eigenvalue weighted by molar-refractivity contribution is 5.76. The molecule has 0 unspecified atom stereocenters. The van der Waals surface area contributed by atoms with E-state index in [4.69, 9.17) is 9.47 Å². The van der Waals surface area contributed by atoms with Gasteiger partial charge in [0.05, 0.1) is 12.9 Å². The van der Waals surface area contributed by atoms with Crippen LogP contribution in [-0.4, -0.2) is 13.4 Å². The molecule has 0 aromatic heterocycles. The molecule has 15 heavy (non-hydrogen) atoms. The Morgan fingerprint density at radius 2 is 2.07 bits per heavy atom. The molecule has 1 aromatic rings. The van der Waals surface area contributed by atoms with Crippen LogP contribution in [-0.2, 0) is 0 Å². The van der Waals surface area contributed by atoms with Gasteiger partial charge in [-0.15, -0.1) is 0 Å². The Labute approximate surface area is 89.3 Å². The van der Waals surface area contributed by atoms with Crippen molar-refractivity contribution in [1.29, 1.82) is 0 Å². The number of rotatable bonds is 4. The van der Waals surface area contributed by atoms with E-state index in [-0.39, 0.29) is 0 Å². The molecule has 1 rings (SSSR count). The highest BCUT2D eigenvalue weighted by Gasteiger charge is 2.05. The maximum absolute atomic E-state index is 10.6. The monoisotopic (exact) mass is 206 g/mol. The van der Waals surface area contributed by atoms with Crippen molar-refractivity contribution in [2.24, 2.45) is 0 Å². The standard InChI is InChI=1S/C12H14O3/c1-4-9(2)15-11-6-5-10(8-13)7-12(11)14-3/h4-8H,1-3H3. The summed E-state index contributed by atoms with van der Waals surface area (Å²) >= 11 is 0. The van der Waals surface area contributed by atoms with Crippen molar-refractivity contribution in [3.05, 3.63) is 35.6 Å². The van der Waals surface area contributed by atoms with Crippen LogP contribution in [0.15, 0.2) is 30.0 Å². The lowest BCUT2D eigenvalue weighted by Gasteiger charge is -2.10. The zero-order chi connectivity index (χ0) is 11.3. The zero-order valence-corrected chi connectivity index (χ0v) is 9.11. The van der Waals surface area contributed by atoms with Gasteiger partial charge < -0.3 is 9.47 Å². The summed E-state index contributed by atoms with van der Waals surface area (Å²) in [6.07, 6.45) is 2.63. The molecule has 0 aliphatic heterocycles. The lowest BCUT2D eigenvalue weighted by Crippen LogP contribution is -1.95. The van der Waals surface area contributed by atoms with Gasteiger partial charge >= 0.3 is 0 Å². The fourth-order valence-corrected chi connectivity index (χ4v) is 1.07. The van der Waals surface area contributed by atoms with Crippen molar-refractivity contribution < 1.29 is 14.3 Å². The Kier molecular flexibility index (Phi) is 3.92. The van der Waals surface area contributed by atoms with Crippen molar-refractivity contribution in [2.45, 2.75) is 13.8 Å². The van der Waals surface area contributed by atoms with Crippen LogP contribution in [0.3, 0.4) is 0 Å². The molecule has 0 bridgehead atoms. The van der Waals surface area contributed by atoms with E-state index in [1.807, 2.05) is 19.9 Å². The molecule has 0 N–H and O–H groups in total. The summed E-state index contributed by atoms with van der Waals surface area (Å²) < 4.78 is 10.6. The second-order valence-electron chi connectivity index (χ2n) is 3.03. The number of carbonyl (C=O) groups is 1. The molecule has 0 aliphatic rings. The molecule has 0 radical (unpaired) electrons. The van der Waals surface area contributed by atoms with Crippen molar-refractivity contribution >= 4 is 6.29 Å². The van der Waals surface area contributed by atoms with Crippen LogP contribution in [0.2, 0.25) is 0 Å². The van der Waals surface area contributed by atoms with E-state index >= 15 is 0 Å². The van der Waals surface area contributed by atoms with Crippen molar-refractivity contribution in [1.82, 2.24) is 0 Å². The van der Waals surface area contributed by atoms with Gasteiger partial charge in [0.25, 0.3) is 0 Å². The summed E-state index contributed by atoms with van der Waals surface area (Å²) in [5.41, 5.74) is 0.567. The molecule has 0 amide bonds. The van der Waals surface area contributed by atoms with Gasteiger partial charge in [-0.3, -0.25) is 4.79 Å². The van der Waals surface area contributed by atoms with Gasteiger partial charge in [0.1, 0.15) is 6.29 Å². The molecule has 0 atom stereocenters. The highest BCUT2D eigenvalue weighted by atomic mass is 16.5. The third-order valence-corrected chi connectivity index (χ3v) is 2.00. The van der Waals surface area contributed by atoms with E-state index in [2.05, 4.69) is 0 Å². The fraction of sp³-hybridized carbons (Fsp3) is 0.250. The number of hydrogen-bond acceptors (Lipinski definition) is 3. The van der Waals surface area contributed by atoms with Crippen LogP contribution in [0.1, 0.15) is 24.2 Å². The third kappa shape index (κ3) is 2.84. The Bertz CT molecular complexity index is 380. The second-order valence-corrected chi connectivity index (χ2v) is 3.03. The zero-order valence-electron chi connectivity index (χ0n) is 9.11. The third-order valence-electron chi connectivity index (χ3n) is 2.00. The molecule has 0 heterocycles. The van der Waals surface area contributed by atoms with Crippen LogP contribution in [0, 0.1) is 0 Å². The van der Waals surface area contributed by atoms with Crippen LogP contribution in [0.25, 0.3) is 0 Å². The number of ether oxygens (including phenoxy) is 2. The topological polar surface area (TPSA) is 35.5 Å². The summed E-state index contributed by atoms with van der Waals surface area (Å²) in [5, 5.41) is 0. The molecule has 1 aromatic carbocycles.